The van der Waals surface area contributed by atoms with E-state index >= 15 is 0 Å². The maximum absolute atomic E-state index is 12.3. The molecule has 3 aromatic rings. The fraction of sp³-hybridized carbons (Fsp3) is 0.125. The van der Waals surface area contributed by atoms with Crippen molar-refractivity contribution in [2.75, 3.05) is 5.32 Å². The molecular formula is C16H15N3OS. The highest BCUT2D eigenvalue weighted by Gasteiger charge is 2.17. The molecule has 2 heterocycles. The summed E-state index contributed by atoms with van der Waals surface area (Å²) in [6.07, 6.45) is 0. The summed E-state index contributed by atoms with van der Waals surface area (Å²) in [7, 11) is 0. The lowest BCUT2D eigenvalue weighted by atomic mass is 10.1. The molecule has 3 N–H and O–H groups in total. The Kier molecular flexibility index (Phi) is 3.68. The number of pyridine rings is 1. The van der Waals surface area contributed by atoms with Crippen LogP contribution in [0.25, 0.3) is 10.9 Å². The largest absolute Gasteiger partial charge is 0.324 e. The van der Waals surface area contributed by atoms with Gasteiger partial charge in [0.15, 0.2) is 0 Å². The van der Waals surface area contributed by atoms with Crippen LogP contribution < -0.4 is 11.1 Å². The van der Waals surface area contributed by atoms with Gasteiger partial charge in [-0.1, -0.05) is 24.3 Å². The predicted octanol–water partition coefficient (Wildman–Crippen LogP) is 3.24. The molecule has 21 heavy (non-hydrogen) atoms. The molecule has 1 atom stereocenters. The van der Waals surface area contributed by atoms with Crippen LogP contribution in [0.5, 0.6) is 0 Å². The fourth-order valence-corrected chi connectivity index (χ4v) is 2.94. The summed E-state index contributed by atoms with van der Waals surface area (Å²) < 4.78 is 0. The van der Waals surface area contributed by atoms with Crippen molar-refractivity contribution >= 4 is 33.8 Å². The van der Waals surface area contributed by atoms with Crippen LogP contribution in [0.1, 0.15) is 16.6 Å². The molecule has 0 radical (unpaired) electrons. The molecule has 3 rings (SSSR count). The number of hydrogen-bond acceptors (Lipinski definition) is 4. The molecule has 0 saturated carbocycles. The number of amides is 1. The van der Waals surface area contributed by atoms with E-state index in [9.17, 15) is 4.79 Å². The third kappa shape index (κ3) is 2.79. The van der Waals surface area contributed by atoms with Crippen LogP contribution in [-0.2, 0) is 4.79 Å². The third-order valence-electron chi connectivity index (χ3n) is 3.23. The number of para-hydroxylation sites is 1. The Balaban J connectivity index is 1.93. The fourth-order valence-electron chi connectivity index (χ4n) is 2.22. The van der Waals surface area contributed by atoms with E-state index in [-0.39, 0.29) is 5.91 Å². The number of hydrogen-bond donors (Lipinski definition) is 2. The van der Waals surface area contributed by atoms with Crippen molar-refractivity contribution in [2.45, 2.75) is 13.0 Å². The zero-order valence-corrected chi connectivity index (χ0v) is 12.4. The summed E-state index contributed by atoms with van der Waals surface area (Å²) in [5.74, 6) is -0.215. The van der Waals surface area contributed by atoms with Gasteiger partial charge in [-0.05, 0) is 30.5 Å². The minimum absolute atomic E-state index is 0.215. The minimum Gasteiger partial charge on any atom is -0.324 e. The molecule has 0 spiro atoms. The quantitative estimate of drug-likeness (QED) is 0.780. The Morgan fingerprint density at radius 3 is 2.86 bits per heavy atom. The SMILES string of the molecule is Cc1cc(NC(=O)C(N)c2cccs2)c2ccccc2n1. The number of nitrogens with two attached hydrogens (primary N) is 1. The summed E-state index contributed by atoms with van der Waals surface area (Å²) in [4.78, 5) is 17.6. The van der Waals surface area contributed by atoms with Crippen molar-refractivity contribution in [3.05, 3.63) is 58.4 Å². The van der Waals surface area contributed by atoms with Crippen molar-refractivity contribution in [2.24, 2.45) is 5.73 Å². The van der Waals surface area contributed by atoms with E-state index in [2.05, 4.69) is 10.3 Å². The van der Waals surface area contributed by atoms with Crippen molar-refractivity contribution in [1.82, 2.24) is 4.98 Å². The topological polar surface area (TPSA) is 68.0 Å². The van der Waals surface area contributed by atoms with E-state index < -0.39 is 6.04 Å². The first-order chi connectivity index (χ1) is 10.1. The van der Waals surface area contributed by atoms with E-state index in [4.69, 9.17) is 5.73 Å². The molecule has 0 aliphatic rings. The summed E-state index contributed by atoms with van der Waals surface area (Å²) in [6.45, 7) is 1.90. The molecular weight excluding hydrogens is 282 g/mol. The van der Waals surface area contributed by atoms with Gasteiger partial charge in [-0.2, -0.15) is 0 Å². The Labute approximate surface area is 126 Å². The lowest BCUT2D eigenvalue weighted by Crippen LogP contribution is -2.27. The van der Waals surface area contributed by atoms with E-state index in [0.717, 1.165) is 27.2 Å². The number of aryl methyl sites for hydroxylation is 1. The van der Waals surface area contributed by atoms with Crippen molar-refractivity contribution in [1.29, 1.82) is 0 Å². The van der Waals surface area contributed by atoms with Gasteiger partial charge < -0.3 is 11.1 Å². The van der Waals surface area contributed by atoms with Crippen LogP contribution in [0, 0.1) is 6.92 Å². The second-order valence-electron chi connectivity index (χ2n) is 4.81. The first kappa shape index (κ1) is 13.7. The molecule has 1 aromatic carbocycles. The molecule has 0 aliphatic heterocycles. The number of nitrogens with one attached hydrogen (secondary N) is 1. The number of fused-ring (bicyclic) bond motifs is 1. The summed E-state index contributed by atoms with van der Waals surface area (Å²) in [5, 5.41) is 5.74. The second-order valence-corrected chi connectivity index (χ2v) is 5.79. The minimum atomic E-state index is -0.655. The number of benzene rings is 1. The van der Waals surface area contributed by atoms with Gasteiger partial charge in [0.25, 0.3) is 0 Å². The number of carbonyl (C=O) groups is 1. The van der Waals surface area contributed by atoms with Crippen LogP contribution in [-0.4, -0.2) is 10.9 Å². The Hall–Kier alpha value is -2.24. The molecule has 1 amide bonds. The van der Waals surface area contributed by atoms with Gasteiger partial charge >= 0.3 is 0 Å². The Bertz CT molecular complexity index is 783. The lowest BCUT2D eigenvalue weighted by molar-refractivity contribution is -0.117. The second kappa shape index (κ2) is 5.63. The summed E-state index contributed by atoms with van der Waals surface area (Å²) >= 11 is 1.48. The summed E-state index contributed by atoms with van der Waals surface area (Å²) in [6, 6.07) is 12.7. The van der Waals surface area contributed by atoms with E-state index in [1.54, 1.807) is 0 Å². The maximum Gasteiger partial charge on any atom is 0.246 e. The van der Waals surface area contributed by atoms with Crippen LogP contribution in [0.15, 0.2) is 47.8 Å². The van der Waals surface area contributed by atoms with Gasteiger partial charge in [0.1, 0.15) is 6.04 Å². The zero-order chi connectivity index (χ0) is 14.8. The number of rotatable bonds is 3. The molecule has 106 valence electrons. The van der Waals surface area contributed by atoms with Gasteiger partial charge in [0.05, 0.1) is 11.2 Å². The van der Waals surface area contributed by atoms with Crippen LogP contribution in [0.2, 0.25) is 0 Å². The van der Waals surface area contributed by atoms with Gasteiger partial charge in [-0.15, -0.1) is 11.3 Å². The highest BCUT2D eigenvalue weighted by Crippen LogP contribution is 2.25. The molecule has 1 unspecified atom stereocenters. The van der Waals surface area contributed by atoms with Gasteiger partial charge in [-0.3, -0.25) is 9.78 Å². The standard InChI is InChI=1S/C16H15N3OS/c1-10-9-13(11-5-2-3-6-12(11)18-10)19-16(20)15(17)14-7-4-8-21-14/h2-9,15H,17H2,1H3,(H,18,19,20). The highest BCUT2D eigenvalue weighted by molar-refractivity contribution is 7.10. The highest BCUT2D eigenvalue weighted by atomic mass is 32.1. The molecule has 5 heteroatoms. The smallest absolute Gasteiger partial charge is 0.246 e. The van der Waals surface area contributed by atoms with Crippen molar-refractivity contribution in [3.8, 4) is 0 Å². The van der Waals surface area contributed by atoms with E-state index in [1.807, 2.05) is 54.8 Å². The van der Waals surface area contributed by atoms with Gasteiger partial charge in [-0.25, -0.2) is 0 Å². The maximum atomic E-state index is 12.3. The summed E-state index contributed by atoms with van der Waals surface area (Å²) in [5.41, 5.74) is 8.46. The number of carbonyl (C=O) groups excluding carboxylic acids is 1. The normalized spacial score (nSPS) is 12.3. The molecule has 2 aromatic heterocycles. The third-order valence-corrected chi connectivity index (χ3v) is 4.19. The lowest BCUT2D eigenvalue weighted by Gasteiger charge is -2.13. The first-order valence-corrected chi connectivity index (χ1v) is 7.49. The van der Waals surface area contributed by atoms with Crippen molar-refractivity contribution in [3.63, 3.8) is 0 Å². The Morgan fingerprint density at radius 2 is 2.10 bits per heavy atom. The van der Waals surface area contributed by atoms with Gasteiger partial charge in [0, 0.05) is 16.0 Å². The molecule has 4 nitrogen and oxygen atoms in total. The monoisotopic (exact) mass is 297 g/mol. The average Bonchev–Trinajstić information content (AvgIpc) is 3.00. The molecule has 0 saturated heterocycles. The van der Waals surface area contributed by atoms with Gasteiger partial charge in [0.2, 0.25) is 5.91 Å². The number of nitrogens with zero attached hydrogens (tertiary/aromatic N) is 1. The van der Waals surface area contributed by atoms with E-state index in [1.165, 1.54) is 11.3 Å². The van der Waals surface area contributed by atoms with Crippen LogP contribution in [0.3, 0.4) is 0 Å². The first-order valence-electron chi connectivity index (χ1n) is 6.61. The van der Waals surface area contributed by atoms with Crippen molar-refractivity contribution < 1.29 is 4.79 Å². The molecule has 0 bridgehead atoms. The number of thiophene rings is 1. The van der Waals surface area contributed by atoms with Crippen LogP contribution in [0.4, 0.5) is 5.69 Å². The predicted molar refractivity (Wildman–Crippen MR) is 86.4 cm³/mol. The zero-order valence-electron chi connectivity index (χ0n) is 11.5. The molecule has 0 aliphatic carbocycles. The van der Waals surface area contributed by atoms with Crippen LogP contribution >= 0.6 is 11.3 Å². The average molecular weight is 297 g/mol. The Morgan fingerprint density at radius 1 is 1.29 bits per heavy atom. The number of anilines is 1. The van der Waals surface area contributed by atoms with E-state index in [0.29, 0.717) is 0 Å². The molecule has 0 fully saturated rings. The number of aromatic nitrogens is 1.